The third-order valence-electron chi connectivity index (χ3n) is 2.50. The second kappa shape index (κ2) is 7.96. The smallest absolute Gasteiger partial charge is 0.240 e. The van der Waals surface area contributed by atoms with Crippen molar-refractivity contribution in [2.24, 2.45) is 0 Å². The largest absolute Gasteiger partial charge is 0.353 e. The van der Waals surface area contributed by atoms with Crippen molar-refractivity contribution in [2.75, 3.05) is 25.0 Å². The van der Waals surface area contributed by atoms with Gasteiger partial charge in [0.15, 0.2) is 5.13 Å². The first kappa shape index (κ1) is 16.6. The molecule has 2 amide bonds. The van der Waals surface area contributed by atoms with Gasteiger partial charge < -0.3 is 10.6 Å². The summed E-state index contributed by atoms with van der Waals surface area (Å²) in [6, 6.07) is 0.105. The number of aromatic nitrogens is 1. The van der Waals surface area contributed by atoms with E-state index in [0.29, 0.717) is 11.7 Å². The highest BCUT2D eigenvalue weighted by atomic mass is 32.1. The lowest BCUT2D eigenvalue weighted by Crippen LogP contribution is -2.42. The Morgan fingerprint density at radius 2 is 2.00 bits per heavy atom. The Kier molecular flexibility index (Phi) is 6.60. The Bertz CT molecular complexity index is 459. The molecule has 2 N–H and O–H groups in total. The summed E-state index contributed by atoms with van der Waals surface area (Å²) < 4.78 is 0. The standard InChI is InChI=1S/C13H22N4O2S/c1-5-17(6-11(18)14-9(2)3)7-12(19)16-13-15-10(4)8-20-13/h8-9H,5-7H2,1-4H3,(H,14,18)(H,15,16,19). The molecule has 1 aromatic rings. The third kappa shape index (κ3) is 6.12. The molecule has 1 heterocycles. The van der Waals surface area contributed by atoms with Gasteiger partial charge in [-0.1, -0.05) is 6.92 Å². The van der Waals surface area contributed by atoms with Crippen LogP contribution in [0, 0.1) is 6.92 Å². The molecule has 1 aromatic heterocycles. The predicted molar refractivity (Wildman–Crippen MR) is 80.9 cm³/mol. The number of carbonyl (C=O) groups excluding carboxylic acids is 2. The Morgan fingerprint density at radius 3 is 2.50 bits per heavy atom. The Balaban J connectivity index is 2.43. The first-order valence-electron chi connectivity index (χ1n) is 6.64. The maximum Gasteiger partial charge on any atom is 0.240 e. The van der Waals surface area contributed by atoms with Gasteiger partial charge >= 0.3 is 0 Å². The van der Waals surface area contributed by atoms with Gasteiger partial charge in [0, 0.05) is 11.4 Å². The number of thiazole rings is 1. The summed E-state index contributed by atoms with van der Waals surface area (Å²) in [4.78, 5) is 29.5. The van der Waals surface area contributed by atoms with Gasteiger partial charge in [-0.15, -0.1) is 11.3 Å². The zero-order valence-electron chi connectivity index (χ0n) is 12.4. The number of rotatable bonds is 7. The van der Waals surface area contributed by atoms with Gasteiger partial charge in [0.05, 0.1) is 18.8 Å². The van der Waals surface area contributed by atoms with Crippen molar-refractivity contribution in [3.63, 3.8) is 0 Å². The number of carbonyl (C=O) groups is 2. The van der Waals surface area contributed by atoms with Gasteiger partial charge in [0.25, 0.3) is 0 Å². The average Bonchev–Trinajstić information content (AvgIpc) is 2.72. The minimum atomic E-state index is -0.154. The summed E-state index contributed by atoms with van der Waals surface area (Å²) in [5.74, 6) is -0.224. The number of aryl methyl sites for hydroxylation is 1. The fourth-order valence-corrected chi connectivity index (χ4v) is 2.33. The first-order chi connectivity index (χ1) is 9.40. The Hall–Kier alpha value is -1.47. The quantitative estimate of drug-likeness (QED) is 0.794. The molecule has 0 unspecified atom stereocenters. The molecule has 0 saturated carbocycles. The van der Waals surface area contributed by atoms with Crippen LogP contribution in [0.4, 0.5) is 5.13 Å². The van der Waals surface area contributed by atoms with Crippen LogP contribution in [0.2, 0.25) is 0 Å². The SMILES string of the molecule is CCN(CC(=O)Nc1nc(C)cs1)CC(=O)NC(C)C. The molecule has 112 valence electrons. The van der Waals surface area contributed by atoms with Crippen LogP contribution in [-0.2, 0) is 9.59 Å². The average molecular weight is 298 g/mol. The van der Waals surface area contributed by atoms with E-state index in [1.54, 1.807) is 4.90 Å². The van der Waals surface area contributed by atoms with E-state index in [0.717, 1.165) is 5.69 Å². The molecule has 0 spiro atoms. The molecule has 7 heteroatoms. The number of anilines is 1. The molecule has 0 bridgehead atoms. The van der Waals surface area contributed by atoms with Crippen molar-refractivity contribution in [1.82, 2.24) is 15.2 Å². The molecule has 0 saturated heterocycles. The zero-order valence-corrected chi connectivity index (χ0v) is 13.2. The summed E-state index contributed by atoms with van der Waals surface area (Å²) >= 11 is 1.39. The summed E-state index contributed by atoms with van der Waals surface area (Å²) in [7, 11) is 0. The van der Waals surface area contributed by atoms with Crippen molar-refractivity contribution in [3.05, 3.63) is 11.1 Å². The zero-order chi connectivity index (χ0) is 15.1. The van der Waals surface area contributed by atoms with Crippen LogP contribution in [0.15, 0.2) is 5.38 Å². The van der Waals surface area contributed by atoms with Crippen LogP contribution < -0.4 is 10.6 Å². The minimum absolute atomic E-state index is 0.0697. The molecule has 0 aliphatic carbocycles. The number of hydrogen-bond donors (Lipinski definition) is 2. The van der Waals surface area contributed by atoms with Gasteiger partial charge in [-0.2, -0.15) is 0 Å². The molecular weight excluding hydrogens is 276 g/mol. The van der Waals surface area contributed by atoms with Crippen LogP contribution in [0.3, 0.4) is 0 Å². The van der Waals surface area contributed by atoms with Crippen LogP contribution >= 0.6 is 11.3 Å². The summed E-state index contributed by atoms with van der Waals surface area (Å²) in [5, 5.41) is 8.02. The molecule has 0 radical (unpaired) electrons. The molecule has 0 atom stereocenters. The van der Waals surface area contributed by atoms with Crippen molar-refractivity contribution < 1.29 is 9.59 Å². The van der Waals surface area contributed by atoms with E-state index >= 15 is 0 Å². The van der Waals surface area contributed by atoms with Crippen molar-refractivity contribution in [2.45, 2.75) is 33.7 Å². The predicted octanol–water partition coefficient (Wildman–Crippen LogP) is 1.24. The number of likely N-dealkylation sites (N-methyl/N-ethyl adjacent to an activating group) is 1. The normalized spacial score (nSPS) is 10.9. The Labute approximate surface area is 123 Å². The Morgan fingerprint density at radius 1 is 1.35 bits per heavy atom. The van der Waals surface area contributed by atoms with Gasteiger partial charge in [-0.05, 0) is 27.3 Å². The monoisotopic (exact) mass is 298 g/mol. The fraction of sp³-hybridized carbons (Fsp3) is 0.615. The van der Waals surface area contributed by atoms with E-state index in [2.05, 4.69) is 15.6 Å². The van der Waals surface area contributed by atoms with Crippen LogP contribution in [0.5, 0.6) is 0 Å². The molecule has 0 fully saturated rings. The highest BCUT2D eigenvalue weighted by molar-refractivity contribution is 7.13. The maximum atomic E-state index is 11.9. The lowest BCUT2D eigenvalue weighted by atomic mass is 10.3. The number of hydrogen-bond acceptors (Lipinski definition) is 5. The number of nitrogens with zero attached hydrogens (tertiary/aromatic N) is 2. The van der Waals surface area contributed by atoms with Crippen molar-refractivity contribution >= 4 is 28.3 Å². The van der Waals surface area contributed by atoms with Crippen LogP contribution in [-0.4, -0.2) is 47.4 Å². The highest BCUT2D eigenvalue weighted by Gasteiger charge is 2.14. The van der Waals surface area contributed by atoms with Crippen molar-refractivity contribution in [1.29, 1.82) is 0 Å². The first-order valence-corrected chi connectivity index (χ1v) is 7.52. The second-order valence-corrected chi connectivity index (χ2v) is 5.73. The summed E-state index contributed by atoms with van der Waals surface area (Å²) in [5.41, 5.74) is 0.883. The van der Waals surface area contributed by atoms with Gasteiger partial charge in [0.1, 0.15) is 0 Å². The molecule has 0 aliphatic heterocycles. The van der Waals surface area contributed by atoms with E-state index in [4.69, 9.17) is 0 Å². The summed E-state index contributed by atoms with van der Waals surface area (Å²) in [6.07, 6.45) is 0. The minimum Gasteiger partial charge on any atom is -0.353 e. The van der Waals surface area contributed by atoms with Crippen molar-refractivity contribution in [3.8, 4) is 0 Å². The topological polar surface area (TPSA) is 74.3 Å². The number of amides is 2. The molecule has 0 aliphatic rings. The van der Waals surface area contributed by atoms with Gasteiger partial charge in [0.2, 0.25) is 11.8 Å². The molecule has 1 rings (SSSR count). The highest BCUT2D eigenvalue weighted by Crippen LogP contribution is 2.14. The molecular formula is C13H22N4O2S. The van der Waals surface area contributed by atoms with E-state index in [9.17, 15) is 9.59 Å². The van der Waals surface area contributed by atoms with Crippen LogP contribution in [0.1, 0.15) is 26.5 Å². The van der Waals surface area contributed by atoms with Gasteiger partial charge in [-0.3, -0.25) is 14.5 Å². The lowest BCUT2D eigenvalue weighted by molar-refractivity contribution is -0.123. The van der Waals surface area contributed by atoms with E-state index < -0.39 is 0 Å². The van der Waals surface area contributed by atoms with Gasteiger partial charge in [-0.25, -0.2) is 4.98 Å². The van der Waals surface area contributed by atoms with E-state index in [1.807, 2.05) is 33.1 Å². The van der Waals surface area contributed by atoms with Crippen LogP contribution in [0.25, 0.3) is 0 Å². The maximum absolute atomic E-state index is 11.9. The molecule has 0 aromatic carbocycles. The van der Waals surface area contributed by atoms with E-state index in [1.165, 1.54) is 11.3 Å². The third-order valence-corrected chi connectivity index (χ3v) is 3.37. The lowest BCUT2D eigenvalue weighted by Gasteiger charge is -2.19. The molecule has 20 heavy (non-hydrogen) atoms. The molecule has 6 nitrogen and oxygen atoms in total. The number of nitrogens with one attached hydrogen (secondary N) is 2. The summed E-state index contributed by atoms with van der Waals surface area (Å²) in [6.45, 7) is 8.65. The second-order valence-electron chi connectivity index (χ2n) is 4.87. The van der Waals surface area contributed by atoms with E-state index in [-0.39, 0.29) is 30.9 Å². The fourth-order valence-electron chi connectivity index (χ4n) is 1.62.